The molecule has 26 heavy (non-hydrogen) atoms. The molecule has 1 aliphatic rings. The summed E-state index contributed by atoms with van der Waals surface area (Å²) in [5, 5.41) is 52.6. The molecule has 9 N–H and O–H groups in total. The molecule has 11 nitrogen and oxygen atoms in total. The Morgan fingerprint density at radius 3 is 2.46 bits per heavy atom. The molecule has 0 saturated carbocycles. The number of aromatic hydroxyl groups is 3. The maximum atomic E-state index is 10.2. The Kier molecular flexibility index (Phi) is 3.75. The Labute approximate surface area is 146 Å². The molecule has 11 heteroatoms. The fourth-order valence-corrected chi connectivity index (χ4v) is 2.61. The molecule has 1 unspecified atom stereocenters. The van der Waals surface area contributed by atoms with Crippen LogP contribution in [0, 0.1) is 22.8 Å². The first kappa shape index (κ1) is 16.5. The Morgan fingerprint density at radius 1 is 1.12 bits per heavy atom. The summed E-state index contributed by atoms with van der Waals surface area (Å²) in [5.74, 6) is -1.40. The number of aliphatic imine (C=N–C) groups is 1. The number of hydrogen-bond donors (Lipinski definition) is 7. The van der Waals surface area contributed by atoms with E-state index in [0.717, 1.165) is 12.1 Å². The van der Waals surface area contributed by atoms with Gasteiger partial charge in [-0.1, -0.05) is 0 Å². The number of guanidine groups is 1. The molecular formula is C15H12N8O3. The molecule has 130 valence electrons. The molecule has 0 radical (unpaired) electrons. The zero-order chi connectivity index (χ0) is 19.0. The summed E-state index contributed by atoms with van der Waals surface area (Å²) < 4.78 is 0. The third kappa shape index (κ3) is 2.46. The second-order valence-corrected chi connectivity index (χ2v) is 5.30. The van der Waals surface area contributed by atoms with Gasteiger partial charge in [-0.15, -0.1) is 0 Å². The van der Waals surface area contributed by atoms with E-state index in [9.17, 15) is 20.6 Å². The molecule has 0 bridgehead atoms. The highest BCUT2D eigenvalue weighted by molar-refractivity contribution is 5.98. The SMILES string of the molecule is N#CNC1=NC(c2cc(O)c(O)cc2O)c2c(nc(N)c(C#N)c2N)N1. The number of nitriles is 2. The fourth-order valence-electron chi connectivity index (χ4n) is 2.61. The van der Waals surface area contributed by atoms with Crippen LogP contribution in [0.25, 0.3) is 0 Å². The minimum Gasteiger partial charge on any atom is -0.507 e. The smallest absolute Gasteiger partial charge is 0.211 e. The average molecular weight is 352 g/mol. The van der Waals surface area contributed by atoms with E-state index in [1.54, 1.807) is 6.19 Å². The van der Waals surface area contributed by atoms with Gasteiger partial charge in [0.25, 0.3) is 0 Å². The van der Waals surface area contributed by atoms with Crippen molar-refractivity contribution in [2.45, 2.75) is 6.04 Å². The maximum absolute atomic E-state index is 10.2. The van der Waals surface area contributed by atoms with Crippen LogP contribution in [0.1, 0.15) is 22.7 Å². The summed E-state index contributed by atoms with van der Waals surface area (Å²) in [6.07, 6.45) is 1.69. The van der Waals surface area contributed by atoms with Crippen molar-refractivity contribution >= 4 is 23.3 Å². The van der Waals surface area contributed by atoms with Crippen molar-refractivity contribution in [1.29, 1.82) is 10.5 Å². The van der Waals surface area contributed by atoms with E-state index in [2.05, 4.69) is 20.6 Å². The molecule has 0 aliphatic carbocycles. The number of pyridine rings is 1. The molecule has 2 aromatic rings. The van der Waals surface area contributed by atoms with E-state index in [-0.39, 0.29) is 45.7 Å². The Bertz CT molecular complexity index is 1030. The van der Waals surface area contributed by atoms with Crippen LogP contribution in [-0.4, -0.2) is 26.3 Å². The molecule has 0 spiro atoms. The summed E-state index contributed by atoms with van der Waals surface area (Å²) in [6, 6.07) is 2.85. The van der Waals surface area contributed by atoms with Gasteiger partial charge in [0.15, 0.2) is 17.7 Å². The van der Waals surface area contributed by atoms with Crippen molar-refractivity contribution in [2.75, 3.05) is 16.8 Å². The van der Waals surface area contributed by atoms with E-state index in [0.29, 0.717) is 0 Å². The molecule has 2 heterocycles. The van der Waals surface area contributed by atoms with E-state index >= 15 is 0 Å². The zero-order valence-corrected chi connectivity index (χ0v) is 13.0. The Balaban J connectivity index is 2.30. The van der Waals surface area contributed by atoms with E-state index < -0.39 is 17.5 Å². The number of fused-ring (bicyclic) bond motifs is 1. The lowest BCUT2D eigenvalue weighted by Gasteiger charge is -2.26. The lowest BCUT2D eigenvalue weighted by atomic mass is 9.94. The number of nitrogen functional groups attached to an aromatic ring is 2. The average Bonchev–Trinajstić information content (AvgIpc) is 2.58. The van der Waals surface area contributed by atoms with Gasteiger partial charge >= 0.3 is 0 Å². The second-order valence-electron chi connectivity index (χ2n) is 5.30. The number of anilines is 3. The van der Waals surface area contributed by atoms with Crippen LogP contribution in [0.5, 0.6) is 17.2 Å². The van der Waals surface area contributed by atoms with E-state index in [1.165, 1.54) is 0 Å². The molecule has 3 rings (SSSR count). The molecule has 1 aliphatic heterocycles. The second kappa shape index (κ2) is 5.92. The number of nitrogens with one attached hydrogen (secondary N) is 2. The third-order valence-corrected chi connectivity index (χ3v) is 3.78. The predicted octanol–water partition coefficient (Wildman–Crippen LogP) is 0.176. The number of rotatable bonds is 1. The minimum atomic E-state index is -1.03. The van der Waals surface area contributed by atoms with Crippen molar-refractivity contribution in [1.82, 2.24) is 10.3 Å². The van der Waals surface area contributed by atoms with Gasteiger partial charge in [-0.3, -0.25) is 5.32 Å². The van der Waals surface area contributed by atoms with Crippen LogP contribution in [-0.2, 0) is 0 Å². The summed E-state index contributed by atoms with van der Waals surface area (Å²) in [6.45, 7) is 0. The highest BCUT2D eigenvalue weighted by Crippen LogP contribution is 2.45. The standard InChI is InChI=1S/C15H12N8O3/c16-3-6-11(18)10-12(5-1-8(25)9(26)2-7(5)24)21-15(20-4-17)23-14(10)22-13(6)19/h1-2,12,24-26H,(H6,18,19,20,21,22,23). The van der Waals surface area contributed by atoms with Gasteiger partial charge in [0.2, 0.25) is 5.96 Å². The third-order valence-electron chi connectivity index (χ3n) is 3.78. The maximum Gasteiger partial charge on any atom is 0.211 e. The van der Waals surface area contributed by atoms with Gasteiger partial charge < -0.3 is 32.1 Å². The first-order valence-electron chi connectivity index (χ1n) is 7.11. The summed E-state index contributed by atoms with van der Waals surface area (Å²) >= 11 is 0. The summed E-state index contributed by atoms with van der Waals surface area (Å²) in [4.78, 5) is 8.29. The predicted molar refractivity (Wildman–Crippen MR) is 90.9 cm³/mol. The number of hydrogen-bond acceptors (Lipinski definition) is 11. The number of nitrogens with zero attached hydrogens (tertiary/aromatic N) is 4. The highest BCUT2D eigenvalue weighted by atomic mass is 16.3. The molecule has 0 amide bonds. The van der Waals surface area contributed by atoms with Gasteiger partial charge in [0.1, 0.15) is 35.1 Å². The fraction of sp³-hybridized carbons (Fsp3) is 0.0667. The highest BCUT2D eigenvalue weighted by Gasteiger charge is 2.31. The number of benzene rings is 1. The Hall–Kier alpha value is -4.38. The molecule has 0 saturated heterocycles. The van der Waals surface area contributed by atoms with Gasteiger partial charge in [0, 0.05) is 17.2 Å². The van der Waals surface area contributed by atoms with E-state index in [1.807, 2.05) is 6.07 Å². The molecule has 0 fully saturated rings. The van der Waals surface area contributed by atoms with Crippen molar-refractivity contribution in [3.8, 4) is 29.5 Å². The molecule has 1 aromatic heterocycles. The van der Waals surface area contributed by atoms with Gasteiger partial charge in [-0.25, -0.2) is 9.98 Å². The molecular weight excluding hydrogens is 340 g/mol. The van der Waals surface area contributed by atoms with Crippen LogP contribution in [0.2, 0.25) is 0 Å². The number of nitrogens with two attached hydrogens (primary N) is 2. The van der Waals surface area contributed by atoms with Crippen LogP contribution in [0.4, 0.5) is 17.3 Å². The van der Waals surface area contributed by atoms with Crippen molar-refractivity contribution < 1.29 is 15.3 Å². The molecule has 1 aromatic carbocycles. The Morgan fingerprint density at radius 2 is 1.81 bits per heavy atom. The number of aromatic nitrogens is 1. The van der Waals surface area contributed by atoms with Gasteiger partial charge in [-0.05, 0) is 6.07 Å². The van der Waals surface area contributed by atoms with Gasteiger partial charge in [0.05, 0.1) is 5.69 Å². The zero-order valence-electron chi connectivity index (χ0n) is 13.0. The van der Waals surface area contributed by atoms with Gasteiger partial charge in [-0.2, -0.15) is 10.5 Å². The number of phenolic OH excluding ortho intramolecular Hbond substituents is 3. The first-order valence-corrected chi connectivity index (χ1v) is 7.11. The van der Waals surface area contributed by atoms with Crippen molar-refractivity contribution in [3.05, 3.63) is 28.8 Å². The van der Waals surface area contributed by atoms with Crippen molar-refractivity contribution in [3.63, 3.8) is 0 Å². The normalized spacial score (nSPS) is 15.0. The minimum absolute atomic E-state index is 0.00651. The summed E-state index contributed by atoms with van der Waals surface area (Å²) in [5.41, 5.74) is 12.0. The van der Waals surface area contributed by atoms with Crippen molar-refractivity contribution in [2.24, 2.45) is 4.99 Å². The monoisotopic (exact) mass is 352 g/mol. The van der Waals surface area contributed by atoms with Crippen LogP contribution < -0.4 is 22.1 Å². The lowest BCUT2D eigenvalue weighted by Crippen LogP contribution is -2.32. The number of phenols is 3. The first-order chi connectivity index (χ1) is 12.4. The lowest BCUT2D eigenvalue weighted by molar-refractivity contribution is 0.393. The molecule has 1 atom stereocenters. The van der Waals surface area contributed by atoms with E-state index in [4.69, 9.17) is 16.7 Å². The van der Waals surface area contributed by atoms with Crippen LogP contribution >= 0.6 is 0 Å². The topological polar surface area (TPSA) is 210 Å². The quantitative estimate of drug-likeness (QED) is 0.160. The summed E-state index contributed by atoms with van der Waals surface area (Å²) in [7, 11) is 0. The van der Waals surface area contributed by atoms with Crippen LogP contribution in [0.15, 0.2) is 17.1 Å². The largest absolute Gasteiger partial charge is 0.507 e. The van der Waals surface area contributed by atoms with Crippen LogP contribution in [0.3, 0.4) is 0 Å².